The highest BCUT2D eigenvalue weighted by Crippen LogP contribution is 2.13. The lowest BCUT2D eigenvalue weighted by molar-refractivity contribution is 0.0948. The van der Waals surface area contributed by atoms with E-state index >= 15 is 0 Å². The Morgan fingerprint density at radius 2 is 1.65 bits per heavy atom. The zero-order chi connectivity index (χ0) is 14.4. The summed E-state index contributed by atoms with van der Waals surface area (Å²) in [6.07, 6.45) is 5.18. The first kappa shape index (κ1) is 14.7. The van der Waals surface area contributed by atoms with E-state index in [1.807, 2.05) is 0 Å². The van der Waals surface area contributed by atoms with E-state index in [1.165, 1.54) is 25.7 Å². The van der Waals surface area contributed by atoms with Crippen LogP contribution in [0, 0.1) is 0 Å². The summed E-state index contributed by atoms with van der Waals surface area (Å²) in [5.41, 5.74) is 12.9. The lowest BCUT2D eigenvalue weighted by Crippen LogP contribution is -2.35. The number of hydrogen-bond donors (Lipinski definition) is 3. The fourth-order valence-electron chi connectivity index (χ4n) is 2.60. The summed E-state index contributed by atoms with van der Waals surface area (Å²) < 4.78 is 0. The number of carbonyl (C=O) groups is 1. The first-order valence-electron chi connectivity index (χ1n) is 7.32. The molecule has 1 amide bonds. The lowest BCUT2D eigenvalue weighted by atomic mass is 10.1. The summed E-state index contributed by atoms with van der Waals surface area (Å²) in [6, 6.07) is 4.95. The zero-order valence-corrected chi connectivity index (χ0v) is 11.9. The topological polar surface area (TPSA) is 84.4 Å². The van der Waals surface area contributed by atoms with E-state index in [2.05, 4.69) is 10.2 Å². The number of nitrogens with one attached hydrogen (secondary N) is 1. The van der Waals surface area contributed by atoms with Crippen LogP contribution in [0.25, 0.3) is 0 Å². The maximum Gasteiger partial charge on any atom is 0.251 e. The summed E-state index contributed by atoms with van der Waals surface area (Å²) in [5, 5.41) is 2.93. The molecular formula is C15H24N4O. The van der Waals surface area contributed by atoms with Crippen molar-refractivity contribution in [3.63, 3.8) is 0 Å². The summed E-state index contributed by atoms with van der Waals surface area (Å²) in [7, 11) is 0. The fourth-order valence-corrected chi connectivity index (χ4v) is 2.60. The van der Waals surface area contributed by atoms with Gasteiger partial charge in [-0.25, -0.2) is 0 Å². The van der Waals surface area contributed by atoms with Crippen LogP contribution in [0.5, 0.6) is 0 Å². The van der Waals surface area contributed by atoms with Crippen molar-refractivity contribution >= 4 is 17.3 Å². The predicted octanol–water partition coefficient (Wildman–Crippen LogP) is 1.46. The van der Waals surface area contributed by atoms with Crippen LogP contribution in [0.1, 0.15) is 36.0 Å². The van der Waals surface area contributed by atoms with Gasteiger partial charge >= 0.3 is 0 Å². The maximum atomic E-state index is 12.0. The molecule has 1 aromatic rings. The van der Waals surface area contributed by atoms with Crippen molar-refractivity contribution in [3.05, 3.63) is 23.8 Å². The van der Waals surface area contributed by atoms with Gasteiger partial charge in [0.2, 0.25) is 0 Å². The molecule has 0 saturated carbocycles. The minimum atomic E-state index is -0.112. The number of likely N-dealkylation sites (tertiary alicyclic amines) is 1. The molecule has 5 N–H and O–H groups in total. The molecule has 5 nitrogen and oxygen atoms in total. The maximum absolute atomic E-state index is 12.0. The van der Waals surface area contributed by atoms with E-state index in [0.29, 0.717) is 23.5 Å². The molecule has 1 saturated heterocycles. The van der Waals surface area contributed by atoms with Crippen molar-refractivity contribution in [3.8, 4) is 0 Å². The highest BCUT2D eigenvalue weighted by Gasteiger charge is 2.10. The molecular weight excluding hydrogens is 252 g/mol. The van der Waals surface area contributed by atoms with Crippen LogP contribution in [-0.2, 0) is 0 Å². The number of nitrogens with two attached hydrogens (primary N) is 2. The molecule has 1 heterocycles. The molecule has 1 aromatic carbocycles. The molecule has 0 unspecified atom stereocenters. The van der Waals surface area contributed by atoms with Crippen LogP contribution in [-0.4, -0.2) is 37.0 Å². The van der Waals surface area contributed by atoms with Gasteiger partial charge in [-0.05, 0) is 44.1 Å². The van der Waals surface area contributed by atoms with Gasteiger partial charge in [0.1, 0.15) is 0 Å². The molecule has 110 valence electrons. The van der Waals surface area contributed by atoms with Gasteiger partial charge in [-0.15, -0.1) is 0 Å². The Labute approximate surface area is 120 Å². The summed E-state index contributed by atoms with van der Waals surface area (Å²) in [6.45, 7) is 3.85. The Bertz CT molecular complexity index is 433. The van der Waals surface area contributed by atoms with Crippen molar-refractivity contribution in [1.82, 2.24) is 10.2 Å². The largest absolute Gasteiger partial charge is 0.399 e. The number of nitrogens with zero attached hydrogens (tertiary/aromatic N) is 1. The second-order valence-electron chi connectivity index (χ2n) is 5.40. The SMILES string of the molecule is Nc1cc(N)cc(C(=O)NCCN2CCCCCC2)c1. The van der Waals surface area contributed by atoms with Gasteiger partial charge in [-0.2, -0.15) is 0 Å². The minimum absolute atomic E-state index is 0.112. The molecule has 5 heteroatoms. The van der Waals surface area contributed by atoms with Crippen LogP contribution < -0.4 is 16.8 Å². The van der Waals surface area contributed by atoms with Gasteiger partial charge < -0.3 is 21.7 Å². The number of benzene rings is 1. The van der Waals surface area contributed by atoms with Crippen LogP contribution in [0.2, 0.25) is 0 Å². The molecule has 0 radical (unpaired) electrons. The van der Waals surface area contributed by atoms with Gasteiger partial charge in [0.15, 0.2) is 0 Å². The van der Waals surface area contributed by atoms with Gasteiger partial charge in [-0.3, -0.25) is 4.79 Å². The molecule has 0 atom stereocenters. The van der Waals surface area contributed by atoms with E-state index in [0.717, 1.165) is 19.6 Å². The first-order valence-corrected chi connectivity index (χ1v) is 7.32. The number of hydrogen-bond acceptors (Lipinski definition) is 4. The number of rotatable bonds is 4. The van der Waals surface area contributed by atoms with Crippen LogP contribution in [0.4, 0.5) is 11.4 Å². The van der Waals surface area contributed by atoms with Crippen molar-refractivity contribution in [2.45, 2.75) is 25.7 Å². The van der Waals surface area contributed by atoms with E-state index in [1.54, 1.807) is 18.2 Å². The first-order chi connectivity index (χ1) is 9.65. The third kappa shape index (κ3) is 4.42. The predicted molar refractivity (Wildman–Crippen MR) is 82.5 cm³/mol. The Morgan fingerprint density at radius 3 is 2.25 bits per heavy atom. The van der Waals surface area contributed by atoms with Crippen LogP contribution in [0.15, 0.2) is 18.2 Å². The number of carbonyl (C=O) groups excluding carboxylic acids is 1. The van der Waals surface area contributed by atoms with Gasteiger partial charge in [0.25, 0.3) is 5.91 Å². The number of nitrogen functional groups attached to an aromatic ring is 2. The Kier molecular flexibility index (Phi) is 5.24. The van der Waals surface area contributed by atoms with Gasteiger partial charge in [0.05, 0.1) is 0 Å². The highest BCUT2D eigenvalue weighted by molar-refractivity contribution is 5.96. The zero-order valence-electron chi connectivity index (χ0n) is 11.9. The smallest absolute Gasteiger partial charge is 0.251 e. The quantitative estimate of drug-likeness (QED) is 0.727. The highest BCUT2D eigenvalue weighted by atomic mass is 16.1. The normalized spacial score (nSPS) is 16.6. The van der Waals surface area contributed by atoms with E-state index < -0.39 is 0 Å². The summed E-state index contributed by atoms with van der Waals surface area (Å²) >= 11 is 0. The monoisotopic (exact) mass is 276 g/mol. The average molecular weight is 276 g/mol. The van der Waals surface area contributed by atoms with Crippen LogP contribution in [0.3, 0.4) is 0 Å². The average Bonchev–Trinajstić information content (AvgIpc) is 2.66. The molecule has 0 aliphatic carbocycles. The molecule has 2 rings (SSSR count). The van der Waals surface area contributed by atoms with E-state index in [-0.39, 0.29) is 5.91 Å². The summed E-state index contributed by atoms with van der Waals surface area (Å²) in [4.78, 5) is 14.4. The third-order valence-corrected chi connectivity index (χ3v) is 3.65. The second-order valence-corrected chi connectivity index (χ2v) is 5.40. The molecule has 20 heavy (non-hydrogen) atoms. The third-order valence-electron chi connectivity index (χ3n) is 3.65. The van der Waals surface area contributed by atoms with Crippen LogP contribution >= 0.6 is 0 Å². The molecule has 1 aliphatic rings. The van der Waals surface area contributed by atoms with E-state index in [9.17, 15) is 4.79 Å². The minimum Gasteiger partial charge on any atom is -0.399 e. The van der Waals surface area contributed by atoms with Gasteiger partial charge in [-0.1, -0.05) is 12.8 Å². The standard InChI is InChI=1S/C15H24N4O/c16-13-9-12(10-14(17)11-13)15(20)18-5-8-19-6-3-1-2-4-7-19/h9-11H,1-8,16-17H2,(H,18,20). The Balaban J connectivity index is 1.79. The molecule has 1 fully saturated rings. The molecule has 0 bridgehead atoms. The lowest BCUT2D eigenvalue weighted by Gasteiger charge is -2.19. The molecule has 1 aliphatic heterocycles. The van der Waals surface area contributed by atoms with Gasteiger partial charge in [0, 0.05) is 30.0 Å². The second kappa shape index (κ2) is 7.14. The van der Waals surface area contributed by atoms with Crippen molar-refractivity contribution in [2.24, 2.45) is 0 Å². The molecule has 0 spiro atoms. The fraction of sp³-hybridized carbons (Fsp3) is 0.533. The number of amides is 1. The van der Waals surface area contributed by atoms with Crippen molar-refractivity contribution in [2.75, 3.05) is 37.6 Å². The Hall–Kier alpha value is -1.75. The van der Waals surface area contributed by atoms with Crippen molar-refractivity contribution in [1.29, 1.82) is 0 Å². The van der Waals surface area contributed by atoms with Crippen molar-refractivity contribution < 1.29 is 4.79 Å². The number of anilines is 2. The Morgan fingerprint density at radius 1 is 1.05 bits per heavy atom. The molecule has 0 aromatic heterocycles. The van der Waals surface area contributed by atoms with E-state index in [4.69, 9.17) is 11.5 Å². The summed E-state index contributed by atoms with van der Waals surface area (Å²) in [5.74, 6) is -0.112.